The normalized spacial score (nSPS) is 40.0. The third kappa shape index (κ3) is 3.99. The fourth-order valence-electron chi connectivity index (χ4n) is 8.14. The van der Waals surface area contributed by atoms with Crippen molar-refractivity contribution in [2.75, 3.05) is 6.61 Å². The van der Waals surface area contributed by atoms with Crippen molar-refractivity contribution in [1.82, 2.24) is 0 Å². The molecule has 4 aliphatic rings. The minimum Gasteiger partial charge on any atom is -0.455 e. The van der Waals surface area contributed by atoms with Gasteiger partial charge in [-0.1, -0.05) is 19.4 Å². The highest BCUT2D eigenvalue weighted by Gasteiger charge is 2.70. The highest BCUT2D eigenvalue weighted by atomic mass is 16.6. The zero-order chi connectivity index (χ0) is 26.5. The maximum atomic E-state index is 13.6. The van der Waals surface area contributed by atoms with E-state index in [1.807, 2.05) is 6.92 Å². The number of carbonyl (C=O) groups excluding carboxylic acids is 5. The topological polar surface area (TPSA) is 133 Å². The molecule has 0 aromatic heterocycles. The fraction of sp³-hybridized carbons (Fsp3) is 0.741. The number of fused-ring (bicyclic) bond motifs is 5. The van der Waals surface area contributed by atoms with Crippen LogP contribution < -0.4 is 0 Å². The molecule has 0 aliphatic heterocycles. The molecule has 9 nitrogen and oxygen atoms in total. The maximum absolute atomic E-state index is 13.6. The number of carbonyl (C=O) groups is 5. The van der Waals surface area contributed by atoms with Gasteiger partial charge in [-0.05, 0) is 74.7 Å². The molecule has 0 aromatic carbocycles. The number of allylic oxidation sites excluding steroid dienone is 1. The molecule has 8 atom stereocenters. The van der Waals surface area contributed by atoms with Gasteiger partial charge in [-0.2, -0.15) is 0 Å². The Morgan fingerprint density at radius 3 is 2.58 bits per heavy atom. The Hall–Kier alpha value is -2.55. The van der Waals surface area contributed by atoms with Gasteiger partial charge in [-0.15, -0.1) is 0 Å². The number of hydrogen-bond donors (Lipinski definition) is 1. The zero-order valence-electron chi connectivity index (χ0n) is 21.4. The molecular formula is C27H36O9. The van der Waals surface area contributed by atoms with Gasteiger partial charge in [0.25, 0.3) is 6.47 Å². The summed E-state index contributed by atoms with van der Waals surface area (Å²) in [5.74, 6) is -1.85. The SMILES string of the molecule is CC(=O)OC(C)C(=O)OCC(=O)[C@@]1(OC=O)CC[C@H]2[C@@H]3CCC4=CC(=O)CC[C@]4(C)[C@H]3[C@@H](O)C[C@@]21C. The molecule has 0 heterocycles. The van der Waals surface area contributed by atoms with E-state index in [4.69, 9.17) is 14.2 Å². The first-order chi connectivity index (χ1) is 16.9. The number of aliphatic hydroxyl groups is 1. The van der Waals surface area contributed by atoms with Crippen LogP contribution in [0.2, 0.25) is 0 Å². The van der Waals surface area contributed by atoms with E-state index in [0.29, 0.717) is 19.3 Å². The van der Waals surface area contributed by atoms with Crippen molar-refractivity contribution >= 4 is 30.0 Å². The standard InChI is InChI=1S/C27H36O9/c1-15(36-16(2)29)24(33)34-13-22(32)27(35-14-28)10-8-20-19-6-5-17-11-18(30)7-9-25(17,3)23(19)21(31)12-26(20,27)4/h11,14-15,19-21,23,31H,5-10,12-13H2,1-4H3/t15?,19-,20-,21-,23+,25-,26-,27-/m0/s1. The Labute approximate surface area is 210 Å². The van der Waals surface area contributed by atoms with Crippen LogP contribution in [0.15, 0.2) is 11.6 Å². The lowest BCUT2D eigenvalue weighted by Crippen LogP contribution is -2.63. The van der Waals surface area contributed by atoms with Gasteiger partial charge >= 0.3 is 11.9 Å². The lowest BCUT2D eigenvalue weighted by molar-refractivity contribution is -0.196. The van der Waals surface area contributed by atoms with Crippen molar-refractivity contribution in [3.63, 3.8) is 0 Å². The summed E-state index contributed by atoms with van der Waals surface area (Å²) >= 11 is 0. The summed E-state index contributed by atoms with van der Waals surface area (Å²) in [7, 11) is 0. The van der Waals surface area contributed by atoms with Crippen molar-refractivity contribution in [1.29, 1.82) is 0 Å². The number of Topliss-reactive ketones (excluding diaryl/α,β-unsaturated/α-hetero) is 1. The van der Waals surface area contributed by atoms with Crippen LogP contribution in [-0.4, -0.2) is 59.5 Å². The van der Waals surface area contributed by atoms with E-state index in [-0.39, 0.29) is 48.3 Å². The van der Waals surface area contributed by atoms with E-state index in [9.17, 15) is 29.1 Å². The largest absolute Gasteiger partial charge is 0.455 e. The van der Waals surface area contributed by atoms with Crippen LogP contribution in [0.3, 0.4) is 0 Å². The van der Waals surface area contributed by atoms with Crippen LogP contribution in [0.25, 0.3) is 0 Å². The van der Waals surface area contributed by atoms with Crippen molar-refractivity contribution in [3.05, 3.63) is 11.6 Å². The van der Waals surface area contributed by atoms with Crippen LogP contribution in [0.1, 0.15) is 72.6 Å². The molecule has 9 heteroatoms. The molecule has 4 aliphatic carbocycles. The van der Waals surface area contributed by atoms with E-state index in [1.165, 1.54) is 13.8 Å². The molecule has 1 unspecified atom stereocenters. The van der Waals surface area contributed by atoms with Crippen LogP contribution in [-0.2, 0) is 38.2 Å². The first-order valence-electron chi connectivity index (χ1n) is 12.8. The highest BCUT2D eigenvalue weighted by molar-refractivity contribution is 5.93. The van der Waals surface area contributed by atoms with E-state index in [0.717, 1.165) is 18.4 Å². The number of hydrogen-bond acceptors (Lipinski definition) is 9. The second-order valence-electron chi connectivity index (χ2n) is 11.4. The fourth-order valence-corrected chi connectivity index (χ4v) is 8.14. The summed E-state index contributed by atoms with van der Waals surface area (Å²) in [6, 6.07) is 0. The van der Waals surface area contributed by atoms with Gasteiger partial charge < -0.3 is 19.3 Å². The van der Waals surface area contributed by atoms with Crippen molar-refractivity contribution in [2.24, 2.45) is 28.6 Å². The predicted molar refractivity (Wildman–Crippen MR) is 125 cm³/mol. The third-order valence-corrected chi connectivity index (χ3v) is 9.74. The molecule has 1 N–H and O–H groups in total. The second kappa shape index (κ2) is 9.39. The molecule has 36 heavy (non-hydrogen) atoms. The summed E-state index contributed by atoms with van der Waals surface area (Å²) in [5, 5.41) is 11.5. The molecule has 0 aromatic rings. The second-order valence-corrected chi connectivity index (χ2v) is 11.4. The molecule has 0 radical (unpaired) electrons. The van der Waals surface area contributed by atoms with Gasteiger partial charge in [0.1, 0.15) is 0 Å². The molecule has 198 valence electrons. The quantitative estimate of drug-likeness (QED) is 0.315. The number of rotatable bonds is 7. The lowest BCUT2D eigenvalue weighted by Gasteiger charge is -2.60. The monoisotopic (exact) mass is 504 g/mol. The lowest BCUT2D eigenvalue weighted by atomic mass is 9.45. The third-order valence-electron chi connectivity index (χ3n) is 9.74. The Bertz CT molecular complexity index is 1000. The highest BCUT2D eigenvalue weighted by Crippen LogP contribution is 2.68. The summed E-state index contributed by atoms with van der Waals surface area (Å²) in [4.78, 5) is 60.6. The van der Waals surface area contributed by atoms with E-state index in [1.54, 1.807) is 6.08 Å². The van der Waals surface area contributed by atoms with Gasteiger partial charge in [0.2, 0.25) is 5.78 Å². The Morgan fingerprint density at radius 2 is 1.92 bits per heavy atom. The average Bonchev–Trinajstić information content (AvgIpc) is 3.09. The summed E-state index contributed by atoms with van der Waals surface area (Å²) in [5.41, 5.74) is -1.54. The Kier molecular flexibility index (Phi) is 6.92. The minimum atomic E-state index is -1.53. The van der Waals surface area contributed by atoms with Gasteiger partial charge in [-0.3, -0.25) is 19.2 Å². The molecule has 0 saturated heterocycles. The number of esters is 2. The molecule has 0 amide bonds. The molecular weight excluding hydrogens is 468 g/mol. The molecule has 3 saturated carbocycles. The minimum absolute atomic E-state index is 0.0153. The number of ether oxygens (including phenoxy) is 3. The van der Waals surface area contributed by atoms with Crippen LogP contribution in [0.5, 0.6) is 0 Å². The number of ketones is 2. The van der Waals surface area contributed by atoms with Gasteiger partial charge in [0, 0.05) is 18.8 Å². The van der Waals surface area contributed by atoms with E-state index < -0.39 is 47.6 Å². The molecule has 0 spiro atoms. The Morgan fingerprint density at radius 1 is 1.19 bits per heavy atom. The first-order valence-corrected chi connectivity index (χ1v) is 12.8. The summed E-state index contributed by atoms with van der Waals surface area (Å²) in [6.45, 7) is 6.20. The summed E-state index contributed by atoms with van der Waals surface area (Å²) in [6.07, 6.45) is 3.74. The number of aliphatic hydroxyl groups excluding tert-OH is 1. The predicted octanol–water partition coefficient (Wildman–Crippen LogP) is 2.46. The maximum Gasteiger partial charge on any atom is 0.347 e. The molecule has 0 bridgehead atoms. The van der Waals surface area contributed by atoms with Crippen LogP contribution in [0, 0.1) is 28.6 Å². The summed E-state index contributed by atoms with van der Waals surface area (Å²) < 4.78 is 15.5. The smallest absolute Gasteiger partial charge is 0.347 e. The van der Waals surface area contributed by atoms with Crippen molar-refractivity contribution in [2.45, 2.75) is 90.4 Å². The van der Waals surface area contributed by atoms with E-state index in [2.05, 4.69) is 6.92 Å². The van der Waals surface area contributed by atoms with E-state index >= 15 is 0 Å². The van der Waals surface area contributed by atoms with Gasteiger partial charge in [-0.25, -0.2) is 4.79 Å². The van der Waals surface area contributed by atoms with Crippen molar-refractivity contribution in [3.8, 4) is 0 Å². The Balaban J connectivity index is 1.59. The van der Waals surface area contributed by atoms with Crippen LogP contribution in [0.4, 0.5) is 0 Å². The van der Waals surface area contributed by atoms with Crippen LogP contribution >= 0.6 is 0 Å². The average molecular weight is 505 g/mol. The molecule has 4 rings (SSSR count). The van der Waals surface area contributed by atoms with Crippen molar-refractivity contribution < 1.29 is 43.3 Å². The zero-order valence-corrected chi connectivity index (χ0v) is 21.4. The van der Waals surface area contributed by atoms with Gasteiger partial charge in [0.15, 0.2) is 24.1 Å². The first kappa shape index (κ1) is 26.5. The van der Waals surface area contributed by atoms with Gasteiger partial charge in [0.05, 0.1) is 6.10 Å². The molecule has 3 fully saturated rings.